The van der Waals surface area contributed by atoms with Crippen LogP contribution in [0.3, 0.4) is 0 Å². The van der Waals surface area contributed by atoms with Gasteiger partial charge in [-0.25, -0.2) is 4.79 Å². The number of benzene rings is 2. The Hall–Kier alpha value is -4.40. The van der Waals surface area contributed by atoms with E-state index < -0.39 is 11.2 Å². The van der Waals surface area contributed by atoms with Gasteiger partial charge in [0.25, 0.3) is 5.56 Å². The second-order valence-electron chi connectivity index (χ2n) is 7.03. The Kier molecular flexibility index (Phi) is 4.11. The SMILES string of the molecule is COc1ccccc1-n1c(-c2ccc(C=O)cc2)cn2c3c(=O)[nH]c(=O)n(C)c3nc12. The second-order valence-corrected chi connectivity index (χ2v) is 7.03. The van der Waals surface area contributed by atoms with Crippen molar-refractivity contribution in [2.24, 2.45) is 7.05 Å². The Bertz CT molecular complexity index is 1590. The van der Waals surface area contributed by atoms with Crippen LogP contribution in [0.1, 0.15) is 10.4 Å². The molecule has 0 spiro atoms. The van der Waals surface area contributed by atoms with E-state index in [1.54, 1.807) is 36.9 Å². The Morgan fingerprint density at radius 3 is 2.52 bits per heavy atom. The van der Waals surface area contributed by atoms with E-state index in [1.165, 1.54) is 4.57 Å². The van der Waals surface area contributed by atoms with E-state index in [0.29, 0.717) is 22.8 Å². The number of aromatic amines is 1. The number of imidazole rings is 2. The molecule has 0 aliphatic rings. The molecule has 0 saturated heterocycles. The van der Waals surface area contributed by atoms with Crippen molar-refractivity contribution < 1.29 is 9.53 Å². The van der Waals surface area contributed by atoms with Gasteiger partial charge in [-0.3, -0.25) is 28.1 Å². The van der Waals surface area contributed by atoms with Crippen molar-refractivity contribution in [1.82, 2.24) is 23.5 Å². The van der Waals surface area contributed by atoms with Crippen molar-refractivity contribution in [2.75, 3.05) is 7.11 Å². The molecule has 5 aromatic rings. The van der Waals surface area contributed by atoms with Crippen LogP contribution in [0.15, 0.2) is 64.3 Å². The van der Waals surface area contributed by atoms with Crippen molar-refractivity contribution in [1.29, 1.82) is 0 Å². The van der Waals surface area contributed by atoms with E-state index in [4.69, 9.17) is 4.74 Å². The van der Waals surface area contributed by atoms with Crippen LogP contribution < -0.4 is 16.0 Å². The van der Waals surface area contributed by atoms with Crippen molar-refractivity contribution in [3.8, 4) is 22.7 Å². The molecule has 0 radical (unpaired) electrons. The van der Waals surface area contributed by atoms with E-state index in [9.17, 15) is 14.4 Å². The molecule has 0 atom stereocenters. The molecule has 9 heteroatoms. The zero-order valence-electron chi connectivity index (χ0n) is 16.7. The summed E-state index contributed by atoms with van der Waals surface area (Å²) in [5.74, 6) is 1.06. The number of carbonyl (C=O) groups is 1. The molecule has 3 aromatic heterocycles. The van der Waals surface area contributed by atoms with Crippen molar-refractivity contribution in [3.05, 3.63) is 81.1 Å². The lowest BCUT2D eigenvalue weighted by atomic mass is 10.1. The number of hydrogen-bond donors (Lipinski definition) is 1. The Balaban J connectivity index is 1.94. The lowest BCUT2D eigenvalue weighted by molar-refractivity contribution is 0.112. The maximum Gasteiger partial charge on any atom is 0.329 e. The predicted octanol–water partition coefficient (Wildman–Crippen LogP) is 2.15. The van der Waals surface area contributed by atoms with Crippen LogP contribution in [-0.4, -0.2) is 36.9 Å². The highest BCUT2D eigenvalue weighted by molar-refractivity contribution is 5.81. The first kappa shape index (κ1) is 18.6. The summed E-state index contributed by atoms with van der Waals surface area (Å²) >= 11 is 0. The molecule has 0 aliphatic heterocycles. The molecular weight excluding hydrogens is 398 g/mol. The van der Waals surface area contributed by atoms with E-state index in [0.717, 1.165) is 17.5 Å². The van der Waals surface area contributed by atoms with Gasteiger partial charge in [-0.15, -0.1) is 0 Å². The molecule has 3 heterocycles. The largest absolute Gasteiger partial charge is 0.495 e. The van der Waals surface area contributed by atoms with Crippen LogP contribution in [0.2, 0.25) is 0 Å². The minimum Gasteiger partial charge on any atom is -0.495 e. The van der Waals surface area contributed by atoms with Crippen LogP contribution in [0.5, 0.6) is 5.75 Å². The summed E-state index contributed by atoms with van der Waals surface area (Å²) in [5.41, 5.74) is 2.30. The number of aromatic nitrogens is 5. The molecule has 31 heavy (non-hydrogen) atoms. The Labute approximate surface area is 174 Å². The van der Waals surface area contributed by atoms with Gasteiger partial charge in [-0.2, -0.15) is 4.98 Å². The van der Waals surface area contributed by atoms with Gasteiger partial charge in [0.1, 0.15) is 12.0 Å². The van der Waals surface area contributed by atoms with Crippen molar-refractivity contribution in [3.63, 3.8) is 0 Å². The number of para-hydroxylation sites is 2. The summed E-state index contributed by atoms with van der Waals surface area (Å²) < 4.78 is 10.4. The highest BCUT2D eigenvalue weighted by Gasteiger charge is 2.22. The van der Waals surface area contributed by atoms with Gasteiger partial charge in [0.05, 0.1) is 18.5 Å². The monoisotopic (exact) mass is 415 g/mol. The number of nitrogens with one attached hydrogen (secondary N) is 1. The third-order valence-corrected chi connectivity index (χ3v) is 5.29. The maximum absolute atomic E-state index is 12.6. The highest BCUT2D eigenvalue weighted by atomic mass is 16.5. The van der Waals surface area contributed by atoms with Crippen LogP contribution in [-0.2, 0) is 7.05 Å². The first-order valence-corrected chi connectivity index (χ1v) is 9.45. The van der Waals surface area contributed by atoms with Gasteiger partial charge in [-0.1, -0.05) is 36.4 Å². The standard InChI is InChI=1S/C22H17N5O4/c1-25-19-18(20(29)24-22(25)30)26-11-16(14-9-7-13(12-28)8-10-14)27(21(26)23-19)15-5-3-4-6-17(15)31-2/h3-12H,1-2H3,(H,24,29,30). The normalized spacial score (nSPS) is 11.3. The average molecular weight is 415 g/mol. The minimum absolute atomic E-state index is 0.261. The van der Waals surface area contributed by atoms with Gasteiger partial charge >= 0.3 is 5.69 Å². The number of aldehydes is 1. The van der Waals surface area contributed by atoms with Crippen molar-refractivity contribution >= 4 is 23.2 Å². The van der Waals surface area contributed by atoms with Gasteiger partial charge in [0.2, 0.25) is 5.78 Å². The predicted molar refractivity (Wildman–Crippen MR) is 115 cm³/mol. The van der Waals surface area contributed by atoms with Gasteiger partial charge in [0.15, 0.2) is 11.2 Å². The summed E-state index contributed by atoms with van der Waals surface area (Å²) in [7, 11) is 3.13. The fourth-order valence-electron chi connectivity index (χ4n) is 3.75. The summed E-state index contributed by atoms with van der Waals surface area (Å²) in [6.07, 6.45) is 2.57. The zero-order chi connectivity index (χ0) is 21.7. The molecule has 0 aliphatic carbocycles. The fourth-order valence-corrected chi connectivity index (χ4v) is 3.75. The molecule has 1 N–H and O–H groups in total. The first-order valence-electron chi connectivity index (χ1n) is 9.45. The number of ether oxygens (including phenoxy) is 1. The number of fused-ring (bicyclic) bond motifs is 3. The fraction of sp³-hybridized carbons (Fsp3) is 0.0909. The summed E-state index contributed by atoms with van der Waals surface area (Å²) in [6.45, 7) is 0. The third-order valence-electron chi connectivity index (χ3n) is 5.29. The first-order chi connectivity index (χ1) is 15.0. The second kappa shape index (κ2) is 6.84. The number of aryl methyl sites for hydroxylation is 1. The molecule has 0 amide bonds. The summed E-state index contributed by atoms with van der Waals surface area (Å²) in [5, 5.41) is 0. The van der Waals surface area contributed by atoms with Crippen LogP contribution in [0.25, 0.3) is 33.9 Å². The average Bonchev–Trinajstić information content (AvgIpc) is 3.34. The van der Waals surface area contributed by atoms with Crippen LogP contribution in [0, 0.1) is 0 Å². The molecule has 0 fully saturated rings. The number of nitrogens with zero attached hydrogens (tertiary/aromatic N) is 4. The molecule has 2 aromatic carbocycles. The summed E-state index contributed by atoms with van der Waals surface area (Å²) in [6, 6.07) is 14.5. The maximum atomic E-state index is 12.6. The number of rotatable bonds is 4. The highest BCUT2D eigenvalue weighted by Crippen LogP contribution is 2.32. The lowest BCUT2D eigenvalue weighted by Gasteiger charge is -2.13. The lowest BCUT2D eigenvalue weighted by Crippen LogP contribution is -2.28. The molecular formula is C22H17N5O4. The van der Waals surface area contributed by atoms with Gasteiger partial charge in [0, 0.05) is 24.4 Å². The molecule has 0 saturated carbocycles. The van der Waals surface area contributed by atoms with Gasteiger partial charge in [-0.05, 0) is 12.1 Å². The van der Waals surface area contributed by atoms with E-state index >= 15 is 0 Å². The molecule has 5 rings (SSSR count). The van der Waals surface area contributed by atoms with E-state index in [-0.39, 0.29) is 11.2 Å². The van der Waals surface area contributed by atoms with E-state index in [1.807, 2.05) is 41.0 Å². The smallest absolute Gasteiger partial charge is 0.329 e. The molecule has 0 bridgehead atoms. The molecule has 154 valence electrons. The van der Waals surface area contributed by atoms with Crippen molar-refractivity contribution in [2.45, 2.75) is 0 Å². The minimum atomic E-state index is -0.535. The van der Waals surface area contributed by atoms with Gasteiger partial charge < -0.3 is 4.74 Å². The quantitative estimate of drug-likeness (QED) is 0.453. The summed E-state index contributed by atoms with van der Waals surface area (Å²) in [4.78, 5) is 42.7. The number of hydrogen-bond acceptors (Lipinski definition) is 5. The van der Waals surface area contributed by atoms with Crippen LogP contribution >= 0.6 is 0 Å². The topological polar surface area (TPSA) is 103 Å². The van der Waals surface area contributed by atoms with Crippen LogP contribution in [0.4, 0.5) is 0 Å². The molecule has 9 nitrogen and oxygen atoms in total. The number of carbonyl (C=O) groups excluding carboxylic acids is 1. The number of H-pyrrole nitrogens is 1. The molecule has 0 unspecified atom stereocenters. The number of methoxy groups -OCH3 is 1. The Morgan fingerprint density at radius 2 is 1.81 bits per heavy atom. The zero-order valence-corrected chi connectivity index (χ0v) is 16.7. The third kappa shape index (κ3) is 2.71. The Morgan fingerprint density at radius 1 is 1.06 bits per heavy atom. The van der Waals surface area contributed by atoms with E-state index in [2.05, 4.69) is 9.97 Å².